The summed E-state index contributed by atoms with van der Waals surface area (Å²) in [5.74, 6) is 0. The van der Waals surface area contributed by atoms with E-state index < -0.39 is 13.0 Å². The molecule has 1 heterocycles. The maximum absolute atomic E-state index is 12.2. The lowest BCUT2D eigenvalue weighted by atomic mass is 10.1. The molecule has 0 aliphatic carbocycles. The smallest absolute Gasteiger partial charge is 0.257 e. The molecule has 0 bridgehead atoms. The van der Waals surface area contributed by atoms with E-state index in [1.165, 1.54) is 18.5 Å². The third kappa shape index (κ3) is 2.84. The molecule has 0 amide bonds. The minimum absolute atomic E-state index is 0.416. The predicted molar refractivity (Wildman–Crippen MR) is 63.4 cm³/mol. The van der Waals surface area contributed by atoms with E-state index in [-0.39, 0.29) is 0 Å². The maximum atomic E-state index is 12.2. The van der Waals surface area contributed by atoms with Crippen molar-refractivity contribution < 1.29 is 8.78 Å². The zero-order valence-electron chi connectivity index (χ0n) is 9.15. The van der Waals surface area contributed by atoms with Crippen molar-refractivity contribution in [3.8, 4) is 17.2 Å². The van der Waals surface area contributed by atoms with Gasteiger partial charge in [0.1, 0.15) is 6.54 Å². The normalized spacial score (nSPS) is 10.6. The van der Waals surface area contributed by atoms with Crippen LogP contribution in [0.5, 0.6) is 0 Å². The lowest BCUT2D eigenvalue weighted by Gasteiger charge is -2.00. The number of hydrogen-bond donors (Lipinski definition) is 0. The molecular weight excluding hydrogens is 260 g/mol. The highest BCUT2D eigenvalue weighted by molar-refractivity contribution is 6.31. The molecule has 1 aromatic heterocycles. The van der Waals surface area contributed by atoms with Crippen LogP contribution in [0.15, 0.2) is 30.6 Å². The second-order valence-electron chi connectivity index (χ2n) is 3.68. The van der Waals surface area contributed by atoms with Gasteiger partial charge in [0.2, 0.25) is 0 Å². The third-order valence-corrected chi connectivity index (χ3v) is 2.54. The first kappa shape index (κ1) is 12.5. The molecule has 0 N–H and O–H groups in total. The SMILES string of the molecule is N#Cc1cc(Cl)cc(-c2cnn(CC(F)F)c2)c1. The van der Waals surface area contributed by atoms with Gasteiger partial charge >= 0.3 is 0 Å². The summed E-state index contributed by atoms with van der Waals surface area (Å²) in [6.45, 7) is -0.453. The number of benzene rings is 1. The number of nitrogens with zero attached hydrogens (tertiary/aromatic N) is 3. The van der Waals surface area contributed by atoms with Gasteiger partial charge in [0.25, 0.3) is 6.43 Å². The molecule has 0 atom stereocenters. The molecule has 1 aromatic carbocycles. The molecule has 0 saturated carbocycles. The largest absolute Gasteiger partial charge is 0.266 e. The van der Waals surface area contributed by atoms with Gasteiger partial charge in [0, 0.05) is 16.8 Å². The molecule has 3 nitrogen and oxygen atoms in total. The summed E-state index contributed by atoms with van der Waals surface area (Å²) in [6, 6.07) is 6.82. The summed E-state index contributed by atoms with van der Waals surface area (Å²) in [6.07, 6.45) is 0.514. The van der Waals surface area contributed by atoms with Crippen molar-refractivity contribution >= 4 is 11.6 Å². The van der Waals surface area contributed by atoms with Crippen molar-refractivity contribution in [3.05, 3.63) is 41.2 Å². The summed E-state index contributed by atoms with van der Waals surface area (Å²) in [7, 11) is 0. The molecule has 0 aliphatic heterocycles. The number of hydrogen-bond acceptors (Lipinski definition) is 2. The fourth-order valence-electron chi connectivity index (χ4n) is 1.57. The standard InChI is InChI=1S/C12H8ClF2N3/c13-11-2-8(4-16)1-9(3-11)10-5-17-18(6-10)7-12(14)15/h1-3,5-6,12H,7H2. The fourth-order valence-corrected chi connectivity index (χ4v) is 1.81. The first-order valence-electron chi connectivity index (χ1n) is 5.10. The zero-order valence-corrected chi connectivity index (χ0v) is 9.90. The highest BCUT2D eigenvalue weighted by Crippen LogP contribution is 2.24. The van der Waals surface area contributed by atoms with Gasteiger partial charge in [-0.2, -0.15) is 10.4 Å². The Morgan fingerprint density at radius 1 is 1.33 bits per heavy atom. The summed E-state index contributed by atoms with van der Waals surface area (Å²) < 4.78 is 25.5. The van der Waals surface area contributed by atoms with E-state index in [4.69, 9.17) is 16.9 Å². The molecule has 0 spiro atoms. The van der Waals surface area contributed by atoms with Crippen LogP contribution in [0.1, 0.15) is 5.56 Å². The van der Waals surface area contributed by atoms with E-state index in [2.05, 4.69) is 5.10 Å². The number of halogens is 3. The van der Waals surface area contributed by atoms with Gasteiger partial charge < -0.3 is 0 Å². The number of rotatable bonds is 3. The lowest BCUT2D eigenvalue weighted by Crippen LogP contribution is -2.06. The van der Waals surface area contributed by atoms with Crippen molar-refractivity contribution in [3.63, 3.8) is 0 Å². The van der Waals surface area contributed by atoms with Gasteiger partial charge in [-0.1, -0.05) is 11.6 Å². The molecule has 2 rings (SSSR count). The van der Waals surface area contributed by atoms with Crippen molar-refractivity contribution in [1.29, 1.82) is 5.26 Å². The van der Waals surface area contributed by atoms with E-state index in [1.54, 1.807) is 12.1 Å². The molecule has 0 fully saturated rings. The van der Waals surface area contributed by atoms with Gasteiger partial charge in [0.05, 0.1) is 17.8 Å². The highest BCUT2D eigenvalue weighted by Gasteiger charge is 2.08. The van der Waals surface area contributed by atoms with Gasteiger partial charge in [-0.25, -0.2) is 8.78 Å². The molecule has 18 heavy (non-hydrogen) atoms. The van der Waals surface area contributed by atoms with Crippen LogP contribution in [0.3, 0.4) is 0 Å². The fraction of sp³-hybridized carbons (Fsp3) is 0.167. The van der Waals surface area contributed by atoms with Crippen LogP contribution in [-0.2, 0) is 6.54 Å². The van der Waals surface area contributed by atoms with E-state index in [0.717, 1.165) is 4.68 Å². The number of nitriles is 1. The molecule has 6 heteroatoms. The predicted octanol–water partition coefficient (Wildman–Crippen LogP) is 3.34. The Morgan fingerprint density at radius 3 is 2.78 bits per heavy atom. The summed E-state index contributed by atoms with van der Waals surface area (Å²) in [5, 5.41) is 13.1. The maximum Gasteiger partial charge on any atom is 0.257 e. The Bertz CT molecular complexity index is 602. The minimum Gasteiger partial charge on any atom is -0.266 e. The summed E-state index contributed by atoms with van der Waals surface area (Å²) in [4.78, 5) is 0. The van der Waals surface area contributed by atoms with Crippen molar-refractivity contribution in [2.75, 3.05) is 0 Å². The first-order chi connectivity index (χ1) is 8.58. The molecule has 0 unspecified atom stereocenters. The Hall–Kier alpha value is -1.93. The molecule has 0 saturated heterocycles. The van der Waals surface area contributed by atoms with E-state index in [9.17, 15) is 8.78 Å². The Kier molecular flexibility index (Phi) is 3.58. The van der Waals surface area contributed by atoms with Crippen LogP contribution < -0.4 is 0 Å². The topological polar surface area (TPSA) is 41.6 Å². The van der Waals surface area contributed by atoms with Crippen molar-refractivity contribution in [2.45, 2.75) is 13.0 Å². The minimum atomic E-state index is -2.45. The third-order valence-electron chi connectivity index (χ3n) is 2.32. The van der Waals surface area contributed by atoms with Crippen LogP contribution in [0, 0.1) is 11.3 Å². The van der Waals surface area contributed by atoms with E-state index in [1.807, 2.05) is 6.07 Å². The second kappa shape index (κ2) is 5.15. The number of aromatic nitrogens is 2. The Balaban J connectivity index is 2.34. The molecule has 0 aliphatic rings. The van der Waals surface area contributed by atoms with Gasteiger partial charge in [-0.3, -0.25) is 4.68 Å². The van der Waals surface area contributed by atoms with Crippen molar-refractivity contribution in [1.82, 2.24) is 9.78 Å². The molecule has 2 aromatic rings. The quantitative estimate of drug-likeness (QED) is 0.856. The Morgan fingerprint density at radius 2 is 2.11 bits per heavy atom. The lowest BCUT2D eigenvalue weighted by molar-refractivity contribution is 0.122. The molecular formula is C12H8ClF2N3. The molecule has 92 valence electrons. The summed E-state index contributed by atoms with van der Waals surface area (Å²) in [5.41, 5.74) is 1.74. The Labute approximate surface area is 107 Å². The van der Waals surface area contributed by atoms with Crippen LogP contribution >= 0.6 is 11.6 Å². The van der Waals surface area contributed by atoms with Crippen molar-refractivity contribution in [2.24, 2.45) is 0 Å². The number of alkyl halides is 2. The second-order valence-corrected chi connectivity index (χ2v) is 4.12. The average molecular weight is 268 g/mol. The van der Waals surface area contributed by atoms with Gasteiger partial charge in [-0.15, -0.1) is 0 Å². The highest BCUT2D eigenvalue weighted by atomic mass is 35.5. The summed E-state index contributed by atoms with van der Waals surface area (Å²) >= 11 is 5.87. The molecule has 0 radical (unpaired) electrons. The van der Waals surface area contributed by atoms with Crippen LogP contribution in [-0.4, -0.2) is 16.2 Å². The van der Waals surface area contributed by atoms with Crippen LogP contribution in [0.4, 0.5) is 8.78 Å². The van der Waals surface area contributed by atoms with Crippen LogP contribution in [0.25, 0.3) is 11.1 Å². The van der Waals surface area contributed by atoms with E-state index in [0.29, 0.717) is 21.7 Å². The van der Waals surface area contributed by atoms with Crippen LogP contribution in [0.2, 0.25) is 5.02 Å². The van der Waals surface area contributed by atoms with E-state index >= 15 is 0 Å². The van der Waals surface area contributed by atoms with Gasteiger partial charge in [-0.05, 0) is 23.8 Å². The first-order valence-corrected chi connectivity index (χ1v) is 5.48. The monoisotopic (exact) mass is 267 g/mol. The van der Waals surface area contributed by atoms with Gasteiger partial charge in [0.15, 0.2) is 0 Å². The zero-order chi connectivity index (χ0) is 13.1. The average Bonchev–Trinajstić information content (AvgIpc) is 2.75.